The molecule has 120 valence electrons. The molecule has 0 atom stereocenters. The molecule has 5 nitrogen and oxygen atoms in total. The van der Waals surface area contributed by atoms with E-state index < -0.39 is 0 Å². The summed E-state index contributed by atoms with van der Waals surface area (Å²) >= 11 is 13.0. The van der Waals surface area contributed by atoms with Crippen molar-refractivity contribution in [2.45, 2.75) is 19.3 Å². The van der Waals surface area contributed by atoms with E-state index in [2.05, 4.69) is 10.3 Å². The van der Waals surface area contributed by atoms with Gasteiger partial charge in [0, 0.05) is 11.4 Å². The molecule has 1 aliphatic rings. The number of hydrogen-bond donors (Lipinski definition) is 1. The predicted molar refractivity (Wildman–Crippen MR) is 90.0 cm³/mol. The van der Waals surface area contributed by atoms with Gasteiger partial charge >= 0.3 is 0 Å². The molecule has 1 N–H and O–H groups in total. The van der Waals surface area contributed by atoms with Gasteiger partial charge in [-0.25, -0.2) is 4.98 Å². The fourth-order valence-corrected chi connectivity index (χ4v) is 3.67. The number of Topliss-reactive ketones (excluding diaryl/α,β-unsaturated/α-hetero) is 1. The van der Waals surface area contributed by atoms with Gasteiger partial charge in [0.1, 0.15) is 5.75 Å². The van der Waals surface area contributed by atoms with Crippen LogP contribution in [0.2, 0.25) is 10.0 Å². The van der Waals surface area contributed by atoms with Gasteiger partial charge in [-0.15, -0.1) is 0 Å². The molecule has 0 saturated heterocycles. The summed E-state index contributed by atoms with van der Waals surface area (Å²) < 4.78 is 5.36. The van der Waals surface area contributed by atoms with E-state index in [4.69, 9.17) is 27.9 Å². The van der Waals surface area contributed by atoms with E-state index in [1.54, 1.807) is 12.1 Å². The van der Waals surface area contributed by atoms with E-state index in [1.165, 1.54) is 17.4 Å². The molecule has 1 aromatic heterocycles. The molecule has 0 bridgehead atoms. The average Bonchev–Trinajstić information content (AvgIpc) is 2.90. The average molecular weight is 371 g/mol. The van der Waals surface area contributed by atoms with Gasteiger partial charge in [-0.3, -0.25) is 14.9 Å². The summed E-state index contributed by atoms with van der Waals surface area (Å²) in [5, 5.41) is 3.89. The third-order valence-corrected chi connectivity index (χ3v) is 4.85. The third kappa shape index (κ3) is 3.83. The highest BCUT2D eigenvalue weighted by Crippen LogP contribution is 2.30. The zero-order valence-electron chi connectivity index (χ0n) is 11.9. The molecule has 0 spiro atoms. The van der Waals surface area contributed by atoms with Gasteiger partial charge in [0.05, 0.1) is 15.6 Å². The molecule has 1 heterocycles. The lowest BCUT2D eigenvalue weighted by Gasteiger charge is -2.07. The van der Waals surface area contributed by atoms with Crippen molar-refractivity contribution in [2.75, 3.05) is 11.9 Å². The van der Waals surface area contributed by atoms with Crippen LogP contribution in [0.5, 0.6) is 5.75 Å². The minimum atomic E-state index is -0.366. The lowest BCUT2D eigenvalue weighted by atomic mass is 10.0. The molecule has 0 fully saturated rings. The summed E-state index contributed by atoms with van der Waals surface area (Å²) in [6.07, 6.45) is 2.12. The van der Waals surface area contributed by atoms with Gasteiger partial charge < -0.3 is 4.74 Å². The molecule has 0 unspecified atom stereocenters. The van der Waals surface area contributed by atoms with Gasteiger partial charge in [0.15, 0.2) is 17.5 Å². The number of ketones is 1. The maximum atomic E-state index is 11.9. The Morgan fingerprint density at radius 1 is 1.35 bits per heavy atom. The molecule has 1 amide bonds. The van der Waals surface area contributed by atoms with Crippen LogP contribution < -0.4 is 10.1 Å². The molecular weight excluding hydrogens is 359 g/mol. The minimum absolute atomic E-state index is 0.0912. The predicted octanol–water partition coefficient (Wildman–Crippen LogP) is 3.99. The minimum Gasteiger partial charge on any atom is -0.482 e. The Kier molecular flexibility index (Phi) is 4.84. The van der Waals surface area contributed by atoms with Crippen LogP contribution in [0.4, 0.5) is 5.13 Å². The van der Waals surface area contributed by atoms with Crippen molar-refractivity contribution in [3.8, 4) is 5.75 Å². The van der Waals surface area contributed by atoms with Crippen molar-refractivity contribution >= 4 is 51.4 Å². The first-order valence-electron chi connectivity index (χ1n) is 6.93. The number of anilines is 1. The van der Waals surface area contributed by atoms with Crippen LogP contribution in [-0.2, 0) is 11.2 Å². The molecule has 0 aliphatic heterocycles. The van der Waals surface area contributed by atoms with Crippen LogP contribution in [0.3, 0.4) is 0 Å². The van der Waals surface area contributed by atoms with Crippen LogP contribution in [0, 0.1) is 0 Å². The van der Waals surface area contributed by atoms with Crippen LogP contribution in [0.25, 0.3) is 0 Å². The highest BCUT2D eigenvalue weighted by Gasteiger charge is 2.22. The summed E-state index contributed by atoms with van der Waals surface area (Å²) in [5.74, 6) is 0.0998. The van der Waals surface area contributed by atoms with Gasteiger partial charge in [-0.05, 0) is 31.0 Å². The molecule has 3 rings (SSSR count). The lowest BCUT2D eigenvalue weighted by Crippen LogP contribution is -2.20. The Balaban J connectivity index is 1.60. The van der Waals surface area contributed by atoms with E-state index in [0.717, 1.165) is 18.5 Å². The smallest absolute Gasteiger partial charge is 0.264 e. The van der Waals surface area contributed by atoms with E-state index >= 15 is 0 Å². The van der Waals surface area contributed by atoms with Crippen LogP contribution in [0.1, 0.15) is 28.2 Å². The maximum absolute atomic E-state index is 11.9. The number of hydrogen-bond acceptors (Lipinski definition) is 5. The van der Waals surface area contributed by atoms with E-state index in [9.17, 15) is 9.59 Å². The van der Waals surface area contributed by atoms with Crippen molar-refractivity contribution in [1.29, 1.82) is 0 Å². The second-order valence-corrected chi connectivity index (χ2v) is 6.83. The number of nitrogens with one attached hydrogen (secondary N) is 1. The number of fused-ring (bicyclic) bond motifs is 1. The Bertz CT molecular complexity index is 776. The standard InChI is InChI=1S/C15H12Cl2N2O3S/c16-8-4-5-12(9(17)6-8)22-7-13(21)19-15-18-10-2-1-3-11(20)14(10)23-15/h4-6H,1-3,7H2,(H,18,19,21). The number of nitrogens with zero attached hydrogens (tertiary/aromatic N) is 1. The summed E-state index contributed by atoms with van der Waals surface area (Å²) in [5.41, 5.74) is 0.767. The topological polar surface area (TPSA) is 68.3 Å². The molecule has 0 radical (unpaired) electrons. The fourth-order valence-electron chi connectivity index (χ4n) is 2.21. The summed E-state index contributed by atoms with van der Waals surface area (Å²) in [7, 11) is 0. The van der Waals surface area contributed by atoms with Crippen molar-refractivity contribution in [2.24, 2.45) is 0 Å². The number of benzene rings is 1. The van der Waals surface area contributed by atoms with E-state index in [0.29, 0.717) is 32.2 Å². The van der Waals surface area contributed by atoms with Crippen LogP contribution in [-0.4, -0.2) is 23.3 Å². The van der Waals surface area contributed by atoms with Gasteiger partial charge in [-0.1, -0.05) is 34.5 Å². The molecule has 0 saturated carbocycles. The number of thiazole rings is 1. The Hall–Kier alpha value is -1.63. The highest BCUT2D eigenvalue weighted by atomic mass is 35.5. The summed E-state index contributed by atoms with van der Waals surface area (Å²) in [4.78, 5) is 28.6. The van der Waals surface area contributed by atoms with Crippen LogP contribution in [0.15, 0.2) is 18.2 Å². The fraction of sp³-hybridized carbons (Fsp3) is 0.267. The third-order valence-electron chi connectivity index (χ3n) is 3.27. The zero-order valence-corrected chi connectivity index (χ0v) is 14.2. The molecule has 23 heavy (non-hydrogen) atoms. The van der Waals surface area contributed by atoms with E-state index in [1.807, 2.05) is 0 Å². The number of carbonyl (C=O) groups excluding carboxylic acids is 2. The second-order valence-electron chi connectivity index (χ2n) is 4.98. The largest absolute Gasteiger partial charge is 0.482 e. The number of amides is 1. The first-order valence-corrected chi connectivity index (χ1v) is 8.51. The number of ether oxygens (including phenoxy) is 1. The molecule has 8 heteroatoms. The molecule has 1 aliphatic carbocycles. The summed E-state index contributed by atoms with van der Waals surface area (Å²) in [6.45, 7) is -0.209. The van der Waals surface area contributed by atoms with Crippen LogP contribution >= 0.6 is 34.5 Å². The molecule has 2 aromatic rings. The van der Waals surface area contributed by atoms with Crippen molar-refractivity contribution < 1.29 is 14.3 Å². The normalized spacial score (nSPS) is 13.6. The monoisotopic (exact) mass is 370 g/mol. The van der Waals surface area contributed by atoms with Gasteiger partial charge in [0.25, 0.3) is 5.91 Å². The quantitative estimate of drug-likeness (QED) is 0.883. The van der Waals surface area contributed by atoms with Gasteiger partial charge in [-0.2, -0.15) is 0 Å². The maximum Gasteiger partial charge on any atom is 0.264 e. The Morgan fingerprint density at radius 3 is 2.91 bits per heavy atom. The van der Waals surface area contributed by atoms with Crippen molar-refractivity contribution in [1.82, 2.24) is 4.98 Å². The Morgan fingerprint density at radius 2 is 2.17 bits per heavy atom. The number of aryl methyl sites for hydroxylation is 1. The number of aromatic nitrogens is 1. The first kappa shape index (κ1) is 16.2. The van der Waals surface area contributed by atoms with Gasteiger partial charge in [0.2, 0.25) is 0 Å². The second kappa shape index (κ2) is 6.86. The molecular formula is C15H12Cl2N2O3S. The number of halogens is 2. The number of rotatable bonds is 4. The lowest BCUT2D eigenvalue weighted by molar-refractivity contribution is -0.118. The zero-order chi connectivity index (χ0) is 16.4. The summed E-state index contributed by atoms with van der Waals surface area (Å²) in [6, 6.07) is 4.76. The van der Waals surface area contributed by atoms with Crippen molar-refractivity contribution in [3.05, 3.63) is 38.8 Å². The molecule has 1 aromatic carbocycles. The van der Waals surface area contributed by atoms with E-state index in [-0.39, 0.29) is 18.3 Å². The SMILES string of the molecule is O=C(COc1ccc(Cl)cc1Cl)Nc1nc2c(s1)C(=O)CCC2. The number of carbonyl (C=O) groups is 2. The van der Waals surface area contributed by atoms with Crippen molar-refractivity contribution in [3.63, 3.8) is 0 Å². The Labute approximate surface area is 146 Å². The first-order chi connectivity index (χ1) is 11.0. The highest BCUT2D eigenvalue weighted by molar-refractivity contribution is 7.17.